The Bertz CT molecular complexity index is 243. The van der Waals surface area contributed by atoms with Gasteiger partial charge in [-0.1, -0.05) is 19.3 Å². The molecule has 2 fully saturated rings. The minimum atomic E-state index is 0.170. The lowest BCUT2D eigenvalue weighted by molar-refractivity contribution is -0.128. The summed E-state index contributed by atoms with van der Waals surface area (Å²) in [5, 5.41) is 9.25. The summed E-state index contributed by atoms with van der Waals surface area (Å²) >= 11 is 0. The van der Waals surface area contributed by atoms with E-state index in [-0.39, 0.29) is 12.2 Å². The van der Waals surface area contributed by atoms with Crippen LogP contribution in [0.3, 0.4) is 0 Å². The first kappa shape index (κ1) is 14.3. The molecule has 1 aliphatic heterocycles. The van der Waals surface area contributed by atoms with Gasteiger partial charge in [0.25, 0.3) is 0 Å². The van der Waals surface area contributed by atoms with E-state index in [2.05, 4.69) is 18.7 Å². The Hall–Kier alpha value is -0.120. The Morgan fingerprint density at radius 3 is 2.61 bits per heavy atom. The third kappa shape index (κ3) is 3.25. The summed E-state index contributed by atoms with van der Waals surface area (Å²) in [6, 6.07) is 1.12. The van der Waals surface area contributed by atoms with Crippen LogP contribution in [-0.2, 0) is 4.74 Å². The predicted octanol–water partition coefficient (Wildman–Crippen LogP) is 2.57. The number of aliphatic hydroxyl groups excluding tert-OH is 1. The monoisotopic (exact) mass is 255 g/mol. The fourth-order valence-corrected chi connectivity index (χ4v) is 3.81. The molecule has 18 heavy (non-hydrogen) atoms. The van der Waals surface area contributed by atoms with Gasteiger partial charge in [0.2, 0.25) is 0 Å². The van der Waals surface area contributed by atoms with E-state index in [1.807, 2.05) is 0 Å². The van der Waals surface area contributed by atoms with E-state index in [4.69, 9.17) is 4.74 Å². The van der Waals surface area contributed by atoms with Crippen LogP contribution in [0.4, 0.5) is 0 Å². The molecule has 0 aromatic carbocycles. The zero-order chi connectivity index (χ0) is 13.0. The first-order valence-corrected chi connectivity index (χ1v) is 7.67. The van der Waals surface area contributed by atoms with Gasteiger partial charge in [0.1, 0.15) is 0 Å². The number of rotatable bonds is 4. The van der Waals surface area contributed by atoms with Crippen molar-refractivity contribution in [3.05, 3.63) is 0 Å². The van der Waals surface area contributed by atoms with Gasteiger partial charge in [0.05, 0.1) is 12.2 Å². The van der Waals surface area contributed by atoms with E-state index in [9.17, 15) is 5.11 Å². The molecular formula is C15H29NO2. The molecule has 0 amide bonds. The number of hydrogen-bond acceptors (Lipinski definition) is 3. The van der Waals surface area contributed by atoms with E-state index < -0.39 is 0 Å². The van der Waals surface area contributed by atoms with Crippen LogP contribution in [0.5, 0.6) is 0 Å². The summed E-state index contributed by atoms with van der Waals surface area (Å²) in [5.41, 5.74) is 0.170. The van der Waals surface area contributed by atoms with Crippen LogP contribution in [0, 0.1) is 0 Å². The van der Waals surface area contributed by atoms with Crippen molar-refractivity contribution in [2.24, 2.45) is 0 Å². The van der Waals surface area contributed by atoms with Gasteiger partial charge in [-0.25, -0.2) is 0 Å². The van der Waals surface area contributed by atoms with Crippen molar-refractivity contribution in [3.8, 4) is 0 Å². The fraction of sp³-hybridized carbons (Fsp3) is 1.00. The second-order valence-electron chi connectivity index (χ2n) is 6.29. The summed E-state index contributed by atoms with van der Waals surface area (Å²) in [7, 11) is 0. The molecule has 1 saturated carbocycles. The molecule has 1 N–H and O–H groups in total. The molecule has 1 spiro atoms. The lowest BCUT2D eigenvalue weighted by Gasteiger charge is -2.47. The van der Waals surface area contributed by atoms with Crippen LogP contribution >= 0.6 is 0 Å². The van der Waals surface area contributed by atoms with Gasteiger partial charge < -0.3 is 9.84 Å². The first-order chi connectivity index (χ1) is 8.67. The molecule has 2 rings (SSSR count). The molecule has 0 bridgehead atoms. The molecule has 1 aliphatic carbocycles. The average molecular weight is 255 g/mol. The molecule has 0 aromatic heterocycles. The molecule has 2 aliphatic rings. The van der Waals surface area contributed by atoms with E-state index in [0.717, 1.165) is 19.6 Å². The minimum Gasteiger partial charge on any atom is -0.395 e. The number of nitrogens with zero attached hydrogens (tertiary/aromatic N) is 1. The lowest BCUT2D eigenvalue weighted by atomic mass is 9.77. The van der Waals surface area contributed by atoms with E-state index in [1.54, 1.807) is 0 Å². The van der Waals surface area contributed by atoms with Crippen molar-refractivity contribution in [3.63, 3.8) is 0 Å². The molecule has 1 saturated heterocycles. The average Bonchev–Trinajstić information content (AvgIpc) is 2.36. The quantitative estimate of drug-likeness (QED) is 0.838. The largest absolute Gasteiger partial charge is 0.395 e. The van der Waals surface area contributed by atoms with Crippen molar-refractivity contribution in [2.45, 2.75) is 76.5 Å². The van der Waals surface area contributed by atoms with Gasteiger partial charge in [0, 0.05) is 25.2 Å². The van der Waals surface area contributed by atoms with Crippen LogP contribution in [0.15, 0.2) is 0 Å². The normalized spacial score (nSPS) is 28.2. The number of ether oxygens (including phenoxy) is 1. The van der Waals surface area contributed by atoms with Crippen molar-refractivity contribution in [1.29, 1.82) is 0 Å². The molecule has 0 aromatic rings. The highest BCUT2D eigenvalue weighted by Gasteiger charge is 2.40. The van der Waals surface area contributed by atoms with E-state index >= 15 is 0 Å². The number of aliphatic hydroxyl groups is 1. The lowest BCUT2D eigenvalue weighted by Crippen LogP contribution is -2.52. The molecule has 1 unspecified atom stereocenters. The Labute approximate surface area is 112 Å². The van der Waals surface area contributed by atoms with Crippen LogP contribution < -0.4 is 0 Å². The zero-order valence-corrected chi connectivity index (χ0v) is 12.0. The summed E-state index contributed by atoms with van der Waals surface area (Å²) in [6.07, 6.45) is 8.82. The maximum atomic E-state index is 9.25. The highest BCUT2D eigenvalue weighted by atomic mass is 16.5. The maximum Gasteiger partial charge on any atom is 0.0697 e. The summed E-state index contributed by atoms with van der Waals surface area (Å²) in [4.78, 5) is 2.47. The summed E-state index contributed by atoms with van der Waals surface area (Å²) in [6.45, 7) is 6.44. The second kappa shape index (κ2) is 6.36. The van der Waals surface area contributed by atoms with Crippen LogP contribution in [0.25, 0.3) is 0 Å². The van der Waals surface area contributed by atoms with Crippen molar-refractivity contribution < 1.29 is 9.84 Å². The molecule has 1 atom stereocenters. The zero-order valence-electron chi connectivity index (χ0n) is 12.0. The highest BCUT2D eigenvalue weighted by molar-refractivity contribution is 4.93. The van der Waals surface area contributed by atoms with E-state index in [1.165, 1.54) is 38.5 Å². The SMILES string of the molecule is CC(C)N(CCO)C1CCOC2(CCCCC2)C1. The van der Waals surface area contributed by atoms with Crippen molar-refractivity contribution in [1.82, 2.24) is 4.90 Å². The smallest absolute Gasteiger partial charge is 0.0697 e. The molecule has 3 heteroatoms. The van der Waals surface area contributed by atoms with Gasteiger partial charge in [-0.2, -0.15) is 0 Å². The van der Waals surface area contributed by atoms with Crippen molar-refractivity contribution >= 4 is 0 Å². The van der Waals surface area contributed by atoms with Gasteiger partial charge in [-0.05, 0) is 39.5 Å². The molecule has 106 valence electrons. The first-order valence-electron chi connectivity index (χ1n) is 7.67. The van der Waals surface area contributed by atoms with Gasteiger partial charge in [0.15, 0.2) is 0 Å². The Kier molecular flexibility index (Phi) is 5.05. The van der Waals surface area contributed by atoms with Gasteiger partial charge in [-0.3, -0.25) is 4.90 Å². The fourth-order valence-electron chi connectivity index (χ4n) is 3.81. The van der Waals surface area contributed by atoms with Crippen LogP contribution in [0.2, 0.25) is 0 Å². The molecule has 3 nitrogen and oxygen atoms in total. The third-order valence-corrected chi connectivity index (χ3v) is 4.72. The highest BCUT2D eigenvalue weighted by Crippen LogP contribution is 2.40. The summed E-state index contributed by atoms with van der Waals surface area (Å²) in [5.74, 6) is 0. The summed E-state index contributed by atoms with van der Waals surface area (Å²) < 4.78 is 6.16. The molecule has 1 heterocycles. The molecular weight excluding hydrogens is 226 g/mol. The van der Waals surface area contributed by atoms with Gasteiger partial charge >= 0.3 is 0 Å². The Balaban J connectivity index is 1.99. The van der Waals surface area contributed by atoms with Crippen molar-refractivity contribution in [2.75, 3.05) is 19.8 Å². The standard InChI is InChI=1S/C15H29NO2/c1-13(2)16(9-10-17)14-6-11-18-15(12-14)7-4-3-5-8-15/h13-14,17H,3-12H2,1-2H3. The number of hydrogen-bond donors (Lipinski definition) is 1. The third-order valence-electron chi connectivity index (χ3n) is 4.72. The minimum absolute atomic E-state index is 0.170. The Morgan fingerprint density at radius 2 is 2.00 bits per heavy atom. The molecule has 0 radical (unpaired) electrons. The van der Waals surface area contributed by atoms with Crippen LogP contribution in [-0.4, -0.2) is 47.4 Å². The predicted molar refractivity (Wildman–Crippen MR) is 73.7 cm³/mol. The van der Waals surface area contributed by atoms with E-state index in [0.29, 0.717) is 12.1 Å². The van der Waals surface area contributed by atoms with Gasteiger partial charge in [-0.15, -0.1) is 0 Å². The maximum absolute atomic E-state index is 9.25. The Morgan fingerprint density at radius 1 is 1.28 bits per heavy atom. The topological polar surface area (TPSA) is 32.7 Å². The second-order valence-corrected chi connectivity index (χ2v) is 6.29. The van der Waals surface area contributed by atoms with Crippen LogP contribution in [0.1, 0.15) is 58.8 Å².